The molecule has 0 aliphatic carbocycles. The molecule has 0 spiro atoms. The van der Waals surface area contributed by atoms with Gasteiger partial charge in [-0.3, -0.25) is 24.6 Å². The summed E-state index contributed by atoms with van der Waals surface area (Å²) in [6.45, 7) is 0. The third-order valence-electron chi connectivity index (χ3n) is 5.00. The minimum Gasteiger partial charge on any atom is -0.507 e. The van der Waals surface area contributed by atoms with Gasteiger partial charge in [0.25, 0.3) is 17.4 Å². The number of amides is 1. The molecule has 7 nitrogen and oxygen atoms in total. The molecule has 0 radical (unpaired) electrons. The molecule has 1 aliphatic heterocycles. The summed E-state index contributed by atoms with van der Waals surface area (Å²) in [4.78, 5) is 37.7. The molecule has 4 rings (SSSR count). The Labute approximate surface area is 182 Å². The average Bonchev–Trinajstić information content (AvgIpc) is 3.04. The number of benzene rings is 3. The van der Waals surface area contributed by atoms with Gasteiger partial charge in [0.15, 0.2) is 0 Å². The fourth-order valence-electron chi connectivity index (χ4n) is 3.57. The molecule has 1 atom stereocenters. The lowest BCUT2D eigenvalue weighted by atomic mass is 9.95. The van der Waals surface area contributed by atoms with E-state index in [0.717, 1.165) is 0 Å². The Hall–Kier alpha value is -3.97. The molecule has 31 heavy (non-hydrogen) atoms. The highest BCUT2D eigenvalue weighted by molar-refractivity contribution is 6.51. The van der Waals surface area contributed by atoms with Crippen molar-refractivity contribution in [2.24, 2.45) is 0 Å². The molecule has 0 saturated carbocycles. The number of non-ortho nitro benzene ring substituents is 1. The van der Waals surface area contributed by atoms with Gasteiger partial charge in [-0.15, -0.1) is 0 Å². The second-order valence-electron chi connectivity index (χ2n) is 6.86. The largest absolute Gasteiger partial charge is 0.507 e. The Morgan fingerprint density at radius 2 is 1.65 bits per heavy atom. The van der Waals surface area contributed by atoms with Gasteiger partial charge in [0.2, 0.25) is 0 Å². The molecule has 3 aromatic carbocycles. The first kappa shape index (κ1) is 20.3. The number of hydrogen-bond donors (Lipinski definition) is 1. The summed E-state index contributed by atoms with van der Waals surface area (Å²) in [7, 11) is 0. The smallest absolute Gasteiger partial charge is 0.300 e. The summed E-state index contributed by atoms with van der Waals surface area (Å²) >= 11 is 6.09. The lowest BCUT2D eigenvalue weighted by molar-refractivity contribution is -0.384. The fourth-order valence-corrected chi connectivity index (χ4v) is 3.75. The van der Waals surface area contributed by atoms with E-state index in [1.807, 2.05) is 0 Å². The van der Waals surface area contributed by atoms with Gasteiger partial charge < -0.3 is 5.11 Å². The van der Waals surface area contributed by atoms with Gasteiger partial charge in [0.1, 0.15) is 5.76 Å². The van der Waals surface area contributed by atoms with Crippen LogP contribution in [0.25, 0.3) is 5.76 Å². The Balaban J connectivity index is 1.94. The first-order valence-electron chi connectivity index (χ1n) is 9.25. The van der Waals surface area contributed by atoms with Gasteiger partial charge in [-0.2, -0.15) is 0 Å². The average molecular weight is 435 g/mol. The van der Waals surface area contributed by atoms with Crippen LogP contribution >= 0.6 is 11.6 Å². The third kappa shape index (κ3) is 3.67. The molecule has 154 valence electrons. The number of nitro groups is 1. The van der Waals surface area contributed by atoms with Crippen molar-refractivity contribution in [1.82, 2.24) is 0 Å². The first-order valence-corrected chi connectivity index (χ1v) is 9.62. The molecule has 1 amide bonds. The van der Waals surface area contributed by atoms with E-state index >= 15 is 0 Å². The predicted molar refractivity (Wildman–Crippen MR) is 116 cm³/mol. The fraction of sp³-hybridized carbons (Fsp3) is 0.0435. The van der Waals surface area contributed by atoms with E-state index in [1.54, 1.807) is 48.5 Å². The Morgan fingerprint density at radius 3 is 2.26 bits per heavy atom. The van der Waals surface area contributed by atoms with Crippen LogP contribution < -0.4 is 4.90 Å². The van der Waals surface area contributed by atoms with Crippen LogP contribution in [0.15, 0.2) is 84.4 Å². The van der Waals surface area contributed by atoms with Gasteiger partial charge in [-0.05, 0) is 35.9 Å². The van der Waals surface area contributed by atoms with Gasteiger partial charge in [0, 0.05) is 28.4 Å². The summed E-state index contributed by atoms with van der Waals surface area (Å²) in [6, 6.07) is 19.3. The van der Waals surface area contributed by atoms with Crippen LogP contribution in [-0.2, 0) is 9.59 Å². The number of aliphatic hydroxyl groups excluding tert-OH is 1. The lowest BCUT2D eigenvalue weighted by Crippen LogP contribution is -2.29. The Bertz CT molecular complexity index is 1220. The maximum absolute atomic E-state index is 13.0. The molecule has 1 N–H and O–H groups in total. The van der Waals surface area contributed by atoms with Gasteiger partial charge in [-0.1, -0.05) is 48.0 Å². The predicted octanol–water partition coefficient (Wildman–Crippen LogP) is 4.87. The van der Waals surface area contributed by atoms with Crippen molar-refractivity contribution in [1.29, 1.82) is 0 Å². The van der Waals surface area contributed by atoms with E-state index < -0.39 is 22.7 Å². The number of ketones is 1. The van der Waals surface area contributed by atoms with Crippen molar-refractivity contribution < 1.29 is 19.6 Å². The van der Waals surface area contributed by atoms with Crippen molar-refractivity contribution in [2.45, 2.75) is 6.04 Å². The van der Waals surface area contributed by atoms with Crippen LogP contribution in [0.3, 0.4) is 0 Å². The summed E-state index contributed by atoms with van der Waals surface area (Å²) in [5.74, 6) is -2.01. The van der Waals surface area contributed by atoms with Crippen LogP contribution in [0, 0.1) is 10.1 Å². The SMILES string of the molecule is O=C1C(=O)N(c2cccc(Cl)c2)[C@@H](c2ccc([N+](=O)[O-])cc2)/C1=C(\O)c1ccccc1. The van der Waals surface area contributed by atoms with Crippen LogP contribution in [0.1, 0.15) is 17.2 Å². The van der Waals surface area contributed by atoms with Gasteiger partial charge in [-0.25, -0.2) is 0 Å². The summed E-state index contributed by atoms with van der Waals surface area (Å²) < 4.78 is 0. The summed E-state index contributed by atoms with van der Waals surface area (Å²) in [5, 5.41) is 22.4. The highest BCUT2D eigenvalue weighted by Gasteiger charge is 2.47. The second kappa shape index (κ2) is 8.04. The summed E-state index contributed by atoms with van der Waals surface area (Å²) in [5.41, 5.74) is 0.933. The zero-order chi connectivity index (χ0) is 22.1. The van der Waals surface area contributed by atoms with E-state index in [0.29, 0.717) is 21.8 Å². The summed E-state index contributed by atoms with van der Waals surface area (Å²) in [6.07, 6.45) is 0. The van der Waals surface area contributed by atoms with Gasteiger partial charge >= 0.3 is 0 Å². The van der Waals surface area contributed by atoms with Crippen molar-refractivity contribution in [3.05, 3.63) is 111 Å². The molecular weight excluding hydrogens is 420 g/mol. The monoisotopic (exact) mass is 434 g/mol. The van der Waals surface area contributed by atoms with Crippen LogP contribution in [-0.4, -0.2) is 21.7 Å². The number of hydrogen-bond acceptors (Lipinski definition) is 5. The standard InChI is InChI=1S/C23H15ClN2O5/c24-16-7-4-8-18(13-16)25-20(14-9-11-17(12-10-14)26(30)31)19(22(28)23(25)29)21(27)15-5-2-1-3-6-15/h1-13,20,27H/b21-19+/t20-/m0/s1. The first-order chi connectivity index (χ1) is 14.9. The van der Waals surface area contributed by atoms with Crippen molar-refractivity contribution in [3.8, 4) is 0 Å². The molecule has 1 aliphatic rings. The van der Waals surface area contributed by atoms with E-state index in [1.165, 1.54) is 35.2 Å². The minimum atomic E-state index is -0.987. The quantitative estimate of drug-likeness (QED) is 0.207. The number of carbonyl (C=O) groups excluding carboxylic acids is 2. The van der Waals surface area contributed by atoms with E-state index in [2.05, 4.69) is 0 Å². The van der Waals surface area contributed by atoms with E-state index in [4.69, 9.17) is 11.6 Å². The molecule has 1 saturated heterocycles. The number of nitro benzene ring substituents is 1. The number of nitrogens with zero attached hydrogens (tertiary/aromatic N) is 2. The van der Waals surface area contributed by atoms with Crippen molar-refractivity contribution in [2.75, 3.05) is 4.90 Å². The molecule has 0 unspecified atom stereocenters. The second-order valence-corrected chi connectivity index (χ2v) is 7.30. The molecule has 1 fully saturated rings. The zero-order valence-corrected chi connectivity index (χ0v) is 16.7. The molecule has 0 aromatic heterocycles. The highest BCUT2D eigenvalue weighted by atomic mass is 35.5. The zero-order valence-electron chi connectivity index (χ0n) is 15.9. The number of halogens is 1. The Kier molecular flexibility index (Phi) is 5.27. The Morgan fingerprint density at radius 1 is 0.968 bits per heavy atom. The van der Waals surface area contributed by atoms with Gasteiger partial charge in [0.05, 0.1) is 16.5 Å². The molecule has 1 heterocycles. The topological polar surface area (TPSA) is 101 Å². The van der Waals surface area contributed by atoms with E-state index in [9.17, 15) is 24.8 Å². The molecule has 8 heteroatoms. The highest BCUT2D eigenvalue weighted by Crippen LogP contribution is 2.42. The number of Topliss-reactive ketones (excluding diaryl/α,β-unsaturated/α-hetero) is 1. The number of carbonyl (C=O) groups is 2. The number of anilines is 1. The minimum absolute atomic E-state index is 0.106. The third-order valence-corrected chi connectivity index (χ3v) is 5.23. The van der Waals surface area contributed by atoms with Crippen LogP contribution in [0.5, 0.6) is 0 Å². The maximum Gasteiger partial charge on any atom is 0.300 e. The van der Waals surface area contributed by atoms with Crippen LogP contribution in [0.2, 0.25) is 5.02 Å². The molecule has 3 aromatic rings. The number of aliphatic hydroxyl groups is 1. The normalized spacial score (nSPS) is 17.7. The van der Waals surface area contributed by atoms with Crippen LogP contribution in [0.4, 0.5) is 11.4 Å². The van der Waals surface area contributed by atoms with Crippen molar-refractivity contribution >= 4 is 40.4 Å². The number of rotatable bonds is 4. The maximum atomic E-state index is 13.0. The van der Waals surface area contributed by atoms with E-state index in [-0.39, 0.29) is 17.0 Å². The molecule has 0 bridgehead atoms. The van der Waals surface area contributed by atoms with Crippen molar-refractivity contribution in [3.63, 3.8) is 0 Å². The lowest BCUT2D eigenvalue weighted by Gasteiger charge is -2.25. The molecular formula is C23H15ClN2O5.